The number of rotatable bonds is 25. The largest absolute Gasteiger partial charge is 0.475 e. The lowest BCUT2D eigenvalue weighted by atomic mass is 10.1. The number of H-pyrrole nitrogens is 1. The van der Waals surface area contributed by atoms with Gasteiger partial charge in [0.05, 0.1) is 43.9 Å². The van der Waals surface area contributed by atoms with Gasteiger partial charge in [0.2, 0.25) is 19.0 Å². The molecule has 8 unspecified atom stereocenters. The van der Waals surface area contributed by atoms with Gasteiger partial charge in [-0.05, 0) is 52.3 Å². The Bertz CT molecular complexity index is 2790. The minimum absolute atomic E-state index is 0.0420. The number of ether oxygens (including phenoxy) is 3. The fourth-order valence-corrected chi connectivity index (χ4v) is 10.9. The molecule has 72 heavy (non-hydrogen) atoms. The van der Waals surface area contributed by atoms with Crippen molar-refractivity contribution in [2.45, 2.75) is 103 Å². The molecule has 0 radical (unpaired) electrons. The maximum atomic E-state index is 14.8. The molecule has 6 rings (SSSR count). The average molecular weight is 1040 g/mol. The number of imidazole rings is 1. The average Bonchev–Trinajstić information content (AvgIpc) is 4.09. The summed E-state index contributed by atoms with van der Waals surface area (Å²) in [4.78, 5) is 85.4. The van der Waals surface area contributed by atoms with Crippen LogP contribution >= 0.6 is 16.3 Å². The number of aromatic amines is 1. The highest BCUT2D eigenvalue weighted by atomic mass is 31.2. The number of fused-ring (bicyclic) bond motifs is 1. The van der Waals surface area contributed by atoms with Crippen LogP contribution in [0.3, 0.4) is 0 Å². The molecule has 2 saturated heterocycles. The molecule has 27 heteroatoms. The maximum Gasteiger partial charge on any atom is 0.475 e. The second kappa shape index (κ2) is 26.0. The lowest BCUT2D eigenvalue weighted by molar-refractivity contribution is -0.140. The Morgan fingerprint density at radius 2 is 1.67 bits per heavy atom. The van der Waals surface area contributed by atoms with Crippen LogP contribution in [-0.4, -0.2) is 135 Å². The number of phosphoric acid groups is 1. The molecule has 0 spiro atoms. The van der Waals surface area contributed by atoms with Gasteiger partial charge in [0, 0.05) is 42.8 Å². The van der Waals surface area contributed by atoms with Gasteiger partial charge in [-0.3, -0.25) is 46.9 Å². The summed E-state index contributed by atoms with van der Waals surface area (Å²) in [7, 11) is -5.35. The number of carbonyl (C=O) groups excluding carboxylic acids is 3. The number of hydrogen-bond donors (Lipinski definition) is 3. The molecule has 0 aliphatic carbocycles. The van der Waals surface area contributed by atoms with E-state index in [2.05, 4.69) is 45.0 Å². The van der Waals surface area contributed by atoms with Crippen molar-refractivity contribution in [3.05, 3.63) is 110 Å². The van der Waals surface area contributed by atoms with Crippen molar-refractivity contribution < 1.29 is 55.8 Å². The predicted octanol–water partition coefficient (Wildman–Crippen LogP) is 5.03. The third-order valence-corrected chi connectivity index (χ3v) is 14.7. The summed E-state index contributed by atoms with van der Waals surface area (Å²) in [6, 6.07) is 8.42. The molecule has 4 aromatic rings. The number of aromatic nitrogens is 6. The second-order valence-electron chi connectivity index (χ2n) is 16.6. The van der Waals surface area contributed by atoms with Gasteiger partial charge in [-0.15, -0.1) is 0 Å². The molecular formula is C45H57N11O14P2. The van der Waals surface area contributed by atoms with Crippen molar-refractivity contribution in [2.24, 2.45) is 0 Å². The smallest absolute Gasteiger partial charge is 0.468 e. The normalized spacial score (nSPS) is 21.2. The second-order valence-corrected chi connectivity index (χ2v) is 19.7. The summed E-state index contributed by atoms with van der Waals surface area (Å²) in [5.74, 6) is -1.62. The van der Waals surface area contributed by atoms with E-state index in [1.54, 1.807) is 34.9 Å². The van der Waals surface area contributed by atoms with Crippen LogP contribution in [0.2, 0.25) is 0 Å². The summed E-state index contributed by atoms with van der Waals surface area (Å²) in [5.41, 5.74) is -0.722. The fraction of sp³-hybridized carbons (Fsp3) is 0.511. The minimum atomic E-state index is -4.61. The zero-order valence-corrected chi connectivity index (χ0v) is 42.2. The van der Waals surface area contributed by atoms with Crippen LogP contribution in [0.15, 0.2) is 64.8 Å². The van der Waals surface area contributed by atoms with Crippen molar-refractivity contribution in [2.75, 3.05) is 51.9 Å². The van der Waals surface area contributed by atoms with E-state index in [1.807, 2.05) is 39.3 Å². The number of amides is 2. The quantitative estimate of drug-likeness (QED) is 0.0258. The highest BCUT2D eigenvalue weighted by molar-refractivity contribution is 7.48. The molecule has 1 aromatic carbocycles. The molecule has 2 amide bonds. The van der Waals surface area contributed by atoms with Gasteiger partial charge in [0.25, 0.3) is 20.0 Å². The van der Waals surface area contributed by atoms with Gasteiger partial charge in [-0.2, -0.15) is 0 Å². The summed E-state index contributed by atoms with van der Waals surface area (Å²) >= 11 is 0. The zero-order valence-electron chi connectivity index (χ0n) is 40.4. The Kier molecular flexibility index (Phi) is 20.0. The number of phosphoric ester groups is 1. The van der Waals surface area contributed by atoms with Gasteiger partial charge in [-0.1, -0.05) is 25.1 Å². The molecule has 0 saturated carbocycles. The monoisotopic (exact) mass is 1040 g/mol. The van der Waals surface area contributed by atoms with E-state index in [0.717, 1.165) is 23.8 Å². The summed E-state index contributed by atoms with van der Waals surface area (Å²) in [5, 5.41) is 5.11. The van der Waals surface area contributed by atoms with Gasteiger partial charge < -0.3 is 43.6 Å². The number of methoxy groups -OCH3 is 1. The topological polar surface area (TPSA) is 277 Å². The minimum Gasteiger partial charge on any atom is -0.468 e. The molecule has 5 heterocycles. The van der Waals surface area contributed by atoms with Crippen molar-refractivity contribution in [1.29, 1.82) is 0 Å². The van der Waals surface area contributed by atoms with Crippen LogP contribution in [0.4, 0.5) is 5.82 Å². The SMILES string of the molecule is [C-]#[N+]CCOP(OC1CC(n2cc(/C=C/C(=O)NCC(=O)OC)c(=O)[nH]c2=O)OC1COP(=O)(OCC[N+]#[C-])OC1CC(n2cnc3c(NC(=O)c4ccccc4)ncnc32)OC1CC)N(C(C)C)C(C)C. The molecule has 386 valence electrons. The third kappa shape index (κ3) is 14.3. The molecule has 2 fully saturated rings. The van der Waals surface area contributed by atoms with E-state index >= 15 is 0 Å². The number of nitrogens with one attached hydrogen (secondary N) is 3. The highest BCUT2D eigenvalue weighted by Gasteiger charge is 2.46. The lowest BCUT2D eigenvalue weighted by Crippen LogP contribution is -2.36. The van der Waals surface area contributed by atoms with Crippen LogP contribution in [-0.2, 0) is 51.0 Å². The Morgan fingerprint density at radius 3 is 2.36 bits per heavy atom. The molecule has 2 aliphatic heterocycles. The number of carbonyl (C=O) groups is 3. The van der Waals surface area contributed by atoms with E-state index in [4.69, 9.17) is 45.2 Å². The van der Waals surface area contributed by atoms with Crippen LogP contribution in [0.25, 0.3) is 26.9 Å². The number of nitrogens with zero attached hydrogens (tertiary/aromatic N) is 8. The van der Waals surface area contributed by atoms with Gasteiger partial charge in [0.15, 0.2) is 17.0 Å². The zero-order chi connectivity index (χ0) is 52.0. The van der Waals surface area contributed by atoms with Crippen LogP contribution in [0.5, 0.6) is 0 Å². The molecule has 25 nitrogen and oxygen atoms in total. The number of anilines is 1. The van der Waals surface area contributed by atoms with E-state index in [0.29, 0.717) is 23.1 Å². The van der Waals surface area contributed by atoms with E-state index in [1.165, 1.54) is 18.9 Å². The maximum absolute atomic E-state index is 14.8. The van der Waals surface area contributed by atoms with Gasteiger partial charge in [-0.25, -0.2) is 42.1 Å². The van der Waals surface area contributed by atoms with Crippen LogP contribution in [0, 0.1) is 13.1 Å². The van der Waals surface area contributed by atoms with Crippen LogP contribution < -0.4 is 21.9 Å². The van der Waals surface area contributed by atoms with Crippen LogP contribution in [0.1, 0.15) is 82.3 Å². The lowest BCUT2D eigenvalue weighted by Gasteiger charge is -2.37. The first kappa shape index (κ1) is 55.2. The third-order valence-electron chi connectivity index (χ3n) is 11.0. The van der Waals surface area contributed by atoms with E-state index in [-0.39, 0.29) is 62.6 Å². The van der Waals surface area contributed by atoms with Crippen molar-refractivity contribution in [1.82, 2.24) is 39.1 Å². The molecular weight excluding hydrogens is 981 g/mol. The Balaban J connectivity index is 1.26. The molecule has 3 aromatic heterocycles. The predicted molar refractivity (Wildman–Crippen MR) is 260 cm³/mol. The Labute approximate surface area is 415 Å². The fourth-order valence-electron chi connectivity index (χ4n) is 7.72. The number of benzene rings is 1. The molecule has 0 bridgehead atoms. The standard InChI is InChI=1S/C45H57N11O14P2/c1-9-32-34(22-38(67-32)55-27-51-40-41(49-26-50-42(40)55)52-43(59)30-13-11-10-12-14-30)70-72(62,65-20-18-47-7)66-25-35-33(69-71(64-19-17-46-6)56(28(2)3)29(4)5)21-37(68-35)54-24-31(44(60)53-45(54)61)15-16-36(57)48-23-39(58)63-8/h10-16,24,26-29,32-35,37-38H,9,17-23,25H2,1-5,8H3,(H,48,57)(H,53,60,61)(H,49,50,52,59)/b16-15+. The molecule has 3 N–H and O–H groups in total. The van der Waals surface area contributed by atoms with Crippen molar-refractivity contribution in [3.8, 4) is 0 Å². The summed E-state index contributed by atoms with van der Waals surface area (Å²) < 4.78 is 67.9. The summed E-state index contributed by atoms with van der Waals surface area (Å²) in [6.45, 7) is 23.0. The first-order valence-corrected chi connectivity index (χ1v) is 25.5. The molecule has 8 atom stereocenters. The highest BCUT2D eigenvalue weighted by Crippen LogP contribution is 2.55. The van der Waals surface area contributed by atoms with Gasteiger partial charge in [0.1, 0.15) is 44.6 Å². The Hall–Kier alpha value is -6.08. The van der Waals surface area contributed by atoms with Crippen molar-refractivity contribution >= 4 is 57.2 Å². The Morgan fingerprint density at radius 1 is 0.972 bits per heavy atom. The number of esters is 1. The van der Waals surface area contributed by atoms with Gasteiger partial charge >= 0.3 is 19.5 Å². The number of hydrogen-bond acceptors (Lipinski definition) is 18. The first-order chi connectivity index (χ1) is 34.6. The van der Waals surface area contributed by atoms with E-state index in [9.17, 15) is 28.5 Å². The van der Waals surface area contributed by atoms with E-state index < -0.39 is 95.4 Å². The summed E-state index contributed by atoms with van der Waals surface area (Å²) in [6.07, 6.45) is 1.09. The molecule has 2 aliphatic rings. The van der Waals surface area contributed by atoms with Crippen molar-refractivity contribution in [3.63, 3.8) is 0 Å². The first-order valence-electron chi connectivity index (χ1n) is 22.9.